The number of benzene rings is 2. The van der Waals surface area contributed by atoms with Crippen LogP contribution in [-0.2, 0) is 4.74 Å². The normalized spacial score (nSPS) is 29.5. The number of carbonyl (C=O) groups excluding carboxylic acids is 1. The Balaban J connectivity index is 1.55. The summed E-state index contributed by atoms with van der Waals surface area (Å²) < 4.78 is 4.80. The van der Waals surface area contributed by atoms with Gasteiger partial charge in [0.1, 0.15) is 0 Å². The molecule has 0 spiro atoms. The van der Waals surface area contributed by atoms with Crippen molar-refractivity contribution in [2.24, 2.45) is 17.8 Å². The van der Waals surface area contributed by atoms with E-state index in [9.17, 15) is 14.9 Å². The molecule has 144 valence electrons. The van der Waals surface area contributed by atoms with Gasteiger partial charge >= 0.3 is 5.97 Å². The van der Waals surface area contributed by atoms with Crippen LogP contribution < -0.4 is 5.32 Å². The minimum Gasteiger partial charge on any atom is -0.465 e. The molecule has 6 nitrogen and oxygen atoms in total. The maximum absolute atomic E-state index is 11.7. The number of hydrogen-bond donors (Lipinski definition) is 1. The largest absolute Gasteiger partial charge is 0.465 e. The molecule has 0 amide bonds. The third-order valence-electron chi connectivity index (χ3n) is 6.97. The van der Waals surface area contributed by atoms with Crippen molar-refractivity contribution in [2.75, 3.05) is 12.4 Å². The Bertz CT molecular complexity index is 956. The minimum atomic E-state index is -0.335. The summed E-state index contributed by atoms with van der Waals surface area (Å²) in [6.45, 7) is 0. The van der Waals surface area contributed by atoms with Crippen LogP contribution in [0.4, 0.5) is 11.4 Å². The molecule has 5 atom stereocenters. The highest BCUT2D eigenvalue weighted by Crippen LogP contribution is 2.63. The number of ether oxygens (including phenoxy) is 1. The molecule has 1 aliphatic heterocycles. The highest BCUT2D eigenvalue weighted by molar-refractivity contribution is 5.89. The van der Waals surface area contributed by atoms with E-state index in [1.807, 2.05) is 30.3 Å². The summed E-state index contributed by atoms with van der Waals surface area (Å²) in [7, 11) is 1.38. The smallest absolute Gasteiger partial charge is 0.337 e. The number of fused-ring (bicyclic) bond motifs is 7. The van der Waals surface area contributed by atoms with E-state index in [0.717, 1.165) is 16.8 Å². The molecular formula is C22H22N2O4. The molecule has 0 unspecified atom stereocenters. The van der Waals surface area contributed by atoms with Crippen molar-refractivity contribution in [3.05, 3.63) is 69.3 Å². The summed E-state index contributed by atoms with van der Waals surface area (Å²) in [4.78, 5) is 22.7. The lowest BCUT2D eigenvalue weighted by Gasteiger charge is -2.43. The second-order valence-electron chi connectivity index (χ2n) is 8.20. The molecule has 6 heteroatoms. The first kappa shape index (κ1) is 17.2. The van der Waals surface area contributed by atoms with Crippen LogP contribution >= 0.6 is 0 Å². The van der Waals surface area contributed by atoms with Crippen molar-refractivity contribution in [3.8, 4) is 0 Å². The third-order valence-corrected chi connectivity index (χ3v) is 6.97. The molecule has 2 aromatic carbocycles. The maximum Gasteiger partial charge on any atom is 0.337 e. The lowest BCUT2D eigenvalue weighted by atomic mass is 9.68. The number of nitro groups is 1. The van der Waals surface area contributed by atoms with E-state index in [1.54, 1.807) is 12.1 Å². The monoisotopic (exact) mass is 378 g/mol. The van der Waals surface area contributed by atoms with E-state index in [1.165, 1.54) is 26.4 Å². The zero-order valence-corrected chi connectivity index (χ0v) is 15.6. The van der Waals surface area contributed by atoms with Crippen molar-refractivity contribution >= 4 is 17.3 Å². The van der Waals surface area contributed by atoms with Crippen molar-refractivity contribution in [2.45, 2.75) is 31.2 Å². The van der Waals surface area contributed by atoms with Gasteiger partial charge < -0.3 is 10.1 Å². The van der Waals surface area contributed by atoms with Crippen LogP contribution in [0.5, 0.6) is 0 Å². The van der Waals surface area contributed by atoms with E-state index in [4.69, 9.17) is 4.74 Å². The number of nitrogens with one attached hydrogen (secondary N) is 1. The third kappa shape index (κ3) is 2.51. The molecule has 0 radical (unpaired) electrons. The topological polar surface area (TPSA) is 81.5 Å². The maximum atomic E-state index is 11.7. The molecule has 2 aromatic rings. The summed E-state index contributed by atoms with van der Waals surface area (Å²) in [6, 6.07) is 13.0. The zero-order chi connectivity index (χ0) is 19.4. The summed E-state index contributed by atoms with van der Waals surface area (Å²) in [5.41, 5.74) is 3.97. The van der Waals surface area contributed by atoms with Crippen LogP contribution in [0.3, 0.4) is 0 Å². The van der Waals surface area contributed by atoms with Gasteiger partial charge in [0.15, 0.2) is 0 Å². The summed E-state index contributed by atoms with van der Waals surface area (Å²) in [5, 5.41) is 14.9. The average molecular weight is 378 g/mol. The van der Waals surface area contributed by atoms with E-state index in [0.29, 0.717) is 29.2 Å². The Morgan fingerprint density at radius 3 is 2.61 bits per heavy atom. The molecule has 1 N–H and O–H groups in total. The Kier molecular flexibility index (Phi) is 3.89. The summed E-state index contributed by atoms with van der Waals surface area (Å²) in [6.07, 6.45) is 3.65. The number of carbonyl (C=O) groups is 1. The number of nitro benzene ring substituents is 1. The number of anilines is 1. The Morgan fingerprint density at radius 1 is 1.14 bits per heavy atom. The van der Waals surface area contributed by atoms with Crippen LogP contribution in [0.2, 0.25) is 0 Å². The predicted molar refractivity (Wildman–Crippen MR) is 104 cm³/mol. The second kappa shape index (κ2) is 6.33. The minimum absolute atomic E-state index is 0.154. The first-order valence-corrected chi connectivity index (χ1v) is 9.80. The van der Waals surface area contributed by atoms with Gasteiger partial charge in [-0.2, -0.15) is 0 Å². The summed E-state index contributed by atoms with van der Waals surface area (Å²) in [5.74, 6) is 1.70. The van der Waals surface area contributed by atoms with Crippen molar-refractivity contribution in [3.63, 3.8) is 0 Å². The zero-order valence-electron chi connectivity index (χ0n) is 15.6. The van der Waals surface area contributed by atoms with Crippen molar-refractivity contribution in [1.29, 1.82) is 0 Å². The molecule has 1 heterocycles. The number of non-ortho nitro benzene ring substituents is 1. The van der Waals surface area contributed by atoms with Crippen LogP contribution in [0.15, 0.2) is 42.5 Å². The quantitative estimate of drug-likeness (QED) is 0.476. The van der Waals surface area contributed by atoms with Gasteiger partial charge in [0.05, 0.1) is 23.6 Å². The van der Waals surface area contributed by atoms with Gasteiger partial charge in [0, 0.05) is 17.8 Å². The van der Waals surface area contributed by atoms with Crippen LogP contribution in [0.1, 0.15) is 52.7 Å². The van der Waals surface area contributed by atoms with Gasteiger partial charge in [-0.05, 0) is 72.3 Å². The SMILES string of the molecule is COC(=O)c1ccc([C@@H]2Nc3ccc([N+](=O)[O-])cc3[C@@H]3[C@H]4CC[C@@H](C4)[C@H]32)cc1. The molecule has 2 saturated carbocycles. The standard InChI is InChI=1S/C22H22N2O4/c1-28-22(25)13-4-2-12(3-5-13)21-20-15-7-6-14(10-15)19(20)17-11-16(24(26)27)8-9-18(17)23-21/h2-5,8-9,11,14-15,19-21,23H,6-7,10H2,1H3/t14-,15-,19-,20+,21-/m0/s1. The lowest BCUT2D eigenvalue weighted by Crippen LogP contribution is -2.35. The van der Waals surface area contributed by atoms with Crippen molar-refractivity contribution < 1.29 is 14.5 Å². The van der Waals surface area contributed by atoms with Crippen molar-refractivity contribution in [1.82, 2.24) is 0 Å². The molecule has 5 rings (SSSR count). The fraction of sp³-hybridized carbons (Fsp3) is 0.409. The Hall–Kier alpha value is -2.89. The van der Waals surface area contributed by atoms with Gasteiger partial charge in [-0.3, -0.25) is 10.1 Å². The van der Waals surface area contributed by atoms with E-state index in [2.05, 4.69) is 5.32 Å². The number of methoxy groups -OCH3 is 1. The van der Waals surface area contributed by atoms with E-state index < -0.39 is 0 Å². The average Bonchev–Trinajstić information content (AvgIpc) is 3.35. The van der Waals surface area contributed by atoms with E-state index >= 15 is 0 Å². The molecule has 28 heavy (non-hydrogen) atoms. The molecule has 0 saturated heterocycles. The highest BCUT2D eigenvalue weighted by atomic mass is 16.6. The summed E-state index contributed by atoms with van der Waals surface area (Å²) >= 11 is 0. The first-order chi connectivity index (χ1) is 13.6. The Morgan fingerprint density at radius 2 is 1.89 bits per heavy atom. The van der Waals surface area contributed by atoms with Gasteiger partial charge in [0.25, 0.3) is 5.69 Å². The van der Waals surface area contributed by atoms with E-state index in [-0.39, 0.29) is 22.6 Å². The fourth-order valence-corrected chi connectivity index (χ4v) is 5.86. The lowest BCUT2D eigenvalue weighted by molar-refractivity contribution is -0.384. The predicted octanol–water partition coefficient (Wildman–Crippen LogP) is 4.68. The number of nitrogens with zero attached hydrogens (tertiary/aromatic N) is 1. The molecular weight excluding hydrogens is 356 g/mol. The molecule has 2 aliphatic carbocycles. The number of hydrogen-bond acceptors (Lipinski definition) is 5. The van der Waals surface area contributed by atoms with Crippen LogP contribution in [-0.4, -0.2) is 18.0 Å². The number of rotatable bonds is 3. The Labute approximate surface area is 163 Å². The van der Waals surface area contributed by atoms with Crippen LogP contribution in [0.25, 0.3) is 0 Å². The highest BCUT2D eigenvalue weighted by Gasteiger charge is 2.54. The van der Waals surface area contributed by atoms with Gasteiger partial charge in [-0.1, -0.05) is 12.1 Å². The van der Waals surface area contributed by atoms with Gasteiger partial charge in [-0.25, -0.2) is 4.79 Å². The van der Waals surface area contributed by atoms with Crippen LogP contribution in [0, 0.1) is 27.9 Å². The molecule has 3 aliphatic rings. The molecule has 2 bridgehead atoms. The first-order valence-electron chi connectivity index (χ1n) is 9.80. The van der Waals surface area contributed by atoms with Gasteiger partial charge in [-0.15, -0.1) is 0 Å². The fourth-order valence-electron chi connectivity index (χ4n) is 5.86. The van der Waals surface area contributed by atoms with Gasteiger partial charge in [0.2, 0.25) is 0 Å². The molecule has 0 aromatic heterocycles. The second-order valence-corrected chi connectivity index (χ2v) is 8.20. The molecule has 2 fully saturated rings. The number of esters is 1.